The van der Waals surface area contributed by atoms with E-state index in [4.69, 9.17) is 25.8 Å². The molecule has 4 rings (SSSR count). The van der Waals surface area contributed by atoms with Crippen molar-refractivity contribution in [2.24, 2.45) is 5.92 Å². The molecule has 3 atom stereocenters. The first-order valence-electron chi connectivity index (χ1n) is 16.1. The van der Waals surface area contributed by atoms with Crippen molar-refractivity contribution in [2.45, 2.75) is 58.2 Å². The maximum absolute atomic E-state index is 14.1. The lowest BCUT2D eigenvalue weighted by Crippen LogP contribution is -2.51. The van der Waals surface area contributed by atoms with Gasteiger partial charge in [-0.3, -0.25) is 19.2 Å². The van der Waals surface area contributed by atoms with Crippen LogP contribution in [0.25, 0.3) is 0 Å². The molecular weight excluding hydrogens is 655 g/mol. The quantitative estimate of drug-likeness (QED) is 0.283. The second kappa shape index (κ2) is 17.5. The van der Waals surface area contributed by atoms with E-state index in [9.17, 15) is 23.6 Å². The normalized spacial score (nSPS) is 18.2. The molecule has 0 saturated carbocycles. The molecule has 0 bridgehead atoms. The maximum Gasteiger partial charge on any atom is 0.255 e. The highest BCUT2D eigenvalue weighted by Crippen LogP contribution is 2.33. The number of amides is 4. The lowest BCUT2D eigenvalue weighted by molar-refractivity contribution is -0.136. The van der Waals surface area contributed by atoms with Gasteiger partial charge >= 0.3 is 0 Å². The summed E-state index contributed by atoms with van der Waals surface area (Å²) in [6.07, 6.45) is 0.247. The molecule has 11 nitrogen and oxygen atoms in total. The van der Waals surface area contributed by atoms with Crippen molar-refractivity contribution in [3.05, 3.63) is 83.1 Å². The summed E-state index contributed by atoms with van der Waals surface area (Å²) in [6.45, 7) is 5.92. The van der Waals surface area contributed by atoms with E-state index < -0.39 is 41.7 Å². The van der Waals surface area contributed by atoms with Gasteiger partial charge in [0.05, 0.1) is 18.2 Å². The van der Waals surface area contributed by atoms with Crippen molar-refractivity contribution in [2.75, 3.05) is 26.8 Å². The number of hydrogen-bond donors (Lipinski definition) is 3. The number of nitrogens with zero attached hydrogens (tertiary/aromatic N) is 1. The molecule has 0 unspecified atom stereocenters. The third kappa shape index (κ3) is 11.1. The standard InChI is InChI=1S/C36H42ClFN4O7/c1-22(2)18-29-36(46)42(4)16-17-47-30-11-6-5-10-27(30)34(44)41-28(13-15-33(43)40-29)35(45)39-23(3)21-48-31-14-12-25(38)20-32(31)49-26-9-7-8-24(37)19-26/h5-12,14,19-20,22-23,28-29H,13,15-18,21H2,1-4H3,(H,39,45)(H,40,43)(H,41,44)/t23-,28+,29-/m1/s1. The maximum atomic E-state index is 14.1. The lowest BCUT2D eigenvalue weighted by atomic mass is 10.0. The average molecular weight is 697 g/mol. The second-order valence-corrected chi connectivity index (χ2v) is 12.7. The minimum Gasteiger partial charge on any atom is -0.491 e. The lowest BCUT2D eigenvalue weighted by Gasteiger charge is -2.26. The fourth-order valence-electron chi connectivity index (χ4n) is 5.13. The van der Waals surface area contributed by atoms with Gasteiger partial charge in [0.15, 0.2) is 11.5 Å². The van der Waals surface area contributed by atoms with Gasteiger partial charge in [0.2, 0.25) is 17.7 Å². The van der Waals surface area contributed by atoms with E-state index in [-0.39, 0.29) is 61.5 Å². The van der Waals surface area contributed by atoms with Crippen LogP contribution in [0.3, 0.4) is 0 Å². The Kier molecular flexibility index (Phi) is 13.2. The molecule has 13 heteroatoms. The number of likely N-dealkylation sites (N-methyl/N-ethyl adjacent to an activating group) is 1. The molecule has 3 N–H and O–H groups in total. The van der Waals surface area contributed by atoms with Crippen molar-refractivity contribution in [3.63, 3.8) is 0 Å². The number of nitrogens with one attached hydrogen (secondary N) is 3. The third-order valence-electron chi connectivity index (χ3n) is 7.62. The Labute approximate surface area is 290 Å². The van der Waals surface area contributed by atoms with Crippen LogP contribution < -0.4 is 30.2 Å². The summed E-state index contributed by atoms with van der Waals surface area (Å²) < 4.78 is 31.7. The van der Waals surface area contributed by atoms with Crippen molar-refractivity contribution in [1.82, 2.24) is 20.9 Å². The van der Waals surface area contributed by atoms with Crippen molar-refractivity contribution in [1.29, 1.82) is 0 Å². The Balaban J connectivity index is 1.48. The number of halogens is 2. The van der Waals surface area contributed by atoms with Crippen LogP contribution in [0.2, 0.25) is 5.02 Å². The Morgan fingerprint density at radius 1 is 1.04 bits per heavy atom. The number of rotatable bonds is 9. The van der Waals surface area contributed by atoms with Crippen LogP contribution in [0.4, 0.5) is 4.39 Å². The summed E-state index contributed by atoms with van der Waals surface area (Å²) in [5.41, 5.74) is 0.200. The summed E-state index contributed by atoms with van der Waals surface area (Å²) in [5.74, 6) is -1.18. The zero-order chi connectivity index (χ0) is 35.5. The molecule has 3 aromatic rings. The van der Waals surface area contributed by atoms with Crippen LogP contribution in [-0.4, -0.2) is 73.5 Å². The number of ether oxygens (including phenoxy) is 3. The molecule has 1 aliphatic heterocycles. The Bertz CT molecular complexity index is 1640. The number of fused-ring (bicyclic) bond motifs is 1. The molecule has 3 aromatic carbocycles. The van der Waals surface area contributed by atoms with Gasteiger partial charge in [0.25, 0.3) is 5.91 Å². The number of benzene rings is 3. The molecule has 0 spiro atoms. The van der Waals surface area contributed by atoms with E-state index in [1.54, 1.807) is 62.5 Å². The largest absolute Gasteiger partial charge is 0.491 e. The van der Waals surface area contributed by atoms with Gasteiger partial charge in [-0.25, -0.2) is 4.39 Å². The van der Waals surface area contributed by atoms with E-state index in [2.05, 4.69) is 16.0 Å². The molecule has 0 aromatic heterocycles. The molecule has 1 aliphatic rings. The van der Waals surface area contributed by atoms with Crippen LogP contribution in [0.5, 0.6) is 23.0 Å². The Morgan fingerprint density at radius 3 is 2.57 bits per heavy atom. The van der Waals surface area contributed by atoms with Gasteiger partial charge < -0.3 is 35.1 Å². The highest BCUT2D eigenvalue weighted by molar-refractivity contribution is 6.30. The minimum absolute atomic E-state index is 0.0341. The molecule has 4 amide bonds. The number of para-hydroxylation sites is 1. The predicted octanol–water partition coefficient (Wildman–Crippen LogP) is 5.12. The average Bonchev–Trinajstić information content (AvgIpc) is 3.05. The van der Waals surface area contributed by atoms with Gasteiger partial charge in [0, 0.05) is 24.6 Å². The molecule has 49 heavy (non-hydrogen) atoms. The highest BCUT2D eigenvalue weighted by atomic mass is 35.5. The van der Waals surface area contributed by atoms with Gasteiger partial charge in [-0.05, 0) is 68.1 Å². The summed E-state index contributed by atoms with van der Waals surface area (Å²) in [7, 11) is 1.64. The van der Waals surface area contributed by atoms with Crippen LogP contribution >= 0.6 is 11.6 Å². The van der Waals surface area contributed by atoms with Gasteiger partial charge in [-0.1, -0.05) is 43.6 Å². The second-order valence-electron chi connectivity index (χ2n) is 12.3. The third-order valence-corrected chi connectivity index (χ3v) is 7.86. The molecule has 262 valence electrons. The molecular formula is C36H42ClFN4O7. The molecule has 0 aliphatic carbocycles. The van der Waals surface area contributed by atoms with Gasteiger partial charge in [-0.15, -0.1) is 0 Å². The van der Waals surface area contributed by atoms with Crippen LogP contribution in [0.15, 0.2) is 66.7 Å². The van der Waals surface area contributed by atoms with Crippen LogP contribution in [-0.2, 0) is 14.4 Å². The zero-order valence-corrected chi connectivity index (χ0v) is 28.7. The van der Waals surface area contributed by atoms with Gasteiger partial charge in [-0.2, -0.15) is 0 Å². The number of carbonyl (C=O) groups is 4. The summed E-state index contributed by atoms with van der Waals surface area (Å²) in [5, 5.41) is 8.83. The zero-order valence-electron chi connectivity index (χ0n) is 28.0. The van der Waals surface area contributed by atoms with Crippen LogP contribution in [0.1, 0.15) is 50.4 Å². The molecule has 0 fully saturated rings. The number of hydrogen-bond acceptors (Lipinski definition) is 7. The summed E-state index contributed by atoms with van der Waals surface area (Å²) in [6, 6.07) is 14.6. The highest BCUT2D eigenvalue weighted by Gasteiger charge is 2.29. The first-order valence-corrected chi connectivity index (χ1v) is 16.5. The number of carbonyl (C=O) groups excluding carboxylic acids is 4. The van der Waals surface area contributed by atoms with Crippen molar-refractivity contribution < 1.29 is 37.8 Å². The van der Waals surface area contributed by atoms with E-state index in [1.165, 1.54) is 23.1 Å². The van der Waals surface area contributed by atoms with E-state index in [0.717, 1.165) is 0 Å². The Hall–Kier alpha value is -4.84. The molecule has 1 heterocycles. The molecule has 0 saturated heterocycles. The SMILES string of the molecule is CC(C)C[C@H]1NC(=O)CC[C@@H](C(=O)N[C@H](C)COc2ccc(F)cc2Oc2cccc(Cl)c2)NC(=O)c2ccccc2OCCN(C)C1=O. The summed E-state index contributed by atoms with van der Waals surface area (Å²) in [4.78, 5) is 54.8. The smallest absolute Gasteiger partial charge is 0.255 e. The topological polar surface area (TPSA) is 135 Å². The van der Waals surface area contributed by atoms with Crippen molar-refractivity contribution in [3.8, 4) is 23.0 Å². The predicted molar refractivity (Wildman–Crippen MR) is 182 cm³/mol. The fraction of sp³-hybridized carbons (Fsp3) is 0.389. The van der Waals surface area contributed by atoms with Crippen LogP contribution in [0, 0.1) is 11.7 Å². The van der Waals surface area contributed by atoms with Crippen molar-refractivity contribution >= 4 is 35.2 Å². The minimum atomic E-state index is -1.12. The molecule has 0 radical (unpaired) electrons. The fourth-order valence-corrected chi connectivity index (χ4v) is 5.31. The first-order chi connectivity index (χ1) is 23.4. The first kappa shape index (κ1) is 37.0. The van der Waals surface area contributed by atoms with E-state index >= 15 is 0 Å². The Morgan fingerprint density at radius 2 is 1.82 bits per heavy atom. The summed E-state index contributed by atoms with van der Waals surface area (Å²) >= 11 is 6.05. The monoisotopic (exact) mass is 696 g/mol. The van der Waals surface area contributed by atoms with E-state index in [1.807, 2.05) is 13.8 Å². The van der Waals surface area contributed by atoms with Gasteiger partial charge in [0.1, 0.15) is 42.6 Å². The van der Waals surface area contributed by atoms with E-state index in [0.29, 0.717) is 22.9 Å².